The Bertz CT molecular complexity index is 426. The molecular formula is C16H24Cl3N. The minimum absolute atomic E-state index is 0. The Kier molecular flexibility index (Phi) is 7.14. The SMILES string of the molecule is CCN(CC)CCC1(c2ccc(Cl)c(Cl)c2)CCC1.Cl. The molecule has 114 valence electrons. The molecule has 1 aromatic rings. The van der Waals surface area contributed by atoms with Crippen molar-refractivity contribution in [2.75, 3.05) is 19.6 Å². The normalized spacial score (nSPS) is 16.6. The van der Waals surface area contributed by atoms with Gasteiger partial charge < -0.3 is 4.90 Å². The molecule has 0 aromatic heterocycles. The number of hydrogen-bond acceptors (Lipinski definition) is 1. The molecule has 1 aliphatic rings. The molecule has 0 heterocycles. The Labute approximate surface area is 139 Å². The highest BCUT2D eigenvalue weighted by atomic mass is 35.5. The number of hydrogen-bond donors (Lipinski definition) is 0. The molecule has 0 bridgehead atoms. The standard InChI is InChI=1S/C16H23Cl2N.ClH/c1-3-19(4-2)11-10-16(8-5-9-16)13-6-7-14(17)15(18)12-13;/h6-7,12H,3-5,8-11H2,1-2H3;1H. The number of nitrogens with zero attached hydrogens (tertiary/aromatic N) is 1. The molecule has 0 N–H and O–H groups in total. The molecule has 0 atom stereocenters. The quantitative estimate of drug-likeness (QED) is 0.656. The van der Waals surface area contributed by atoms with E-state index in [9.17, 15) is 0 Å². The van der Waals surface area contributed by atoms with Crippen molar-refractivity contribution >= 4 is 35.6 Å². The summed E-state index contributed by atoms with van der Waals surface area (Å²) in [5.74, 6) is 0. The summed E-state index contributed by atoms with van der Waals surface area (Å²) in [6.45, 7) is 7.90. The van der Waals surface area contributed by atoms with Crippen LogP contribution in [0.4, 0.5) is 0 Å². The van der Waals surface area contributed by atoms with E-state index in [0.29, 0.717) is 15.5 Å². The molecule has 0 aliphatic heterocycles. The van der Waals surface area contributed by atoms with Crippen molar-refractivity contribution in [3.8, 4) is 0 Å². The van der Waals surface area contributed by atoms with E-state index in [0.717, 1.165) is 13.1 Å². The van der Waals surface area contributed by atoms with E-state index in [-0.39, 0.29) is 12.4 Å². The first-order valence-corrected chi connectivity index (χ1v) is 8.05. The van der Waals surface area contributed by atoms with Crippen LogP contribution in [0.15, 0.2) is 18.2 Å². The summed E-state index contributed by atoms with van der Waals surface area (Å²) in [7, 11) is 0. The van der Waals surface area contributed by atoms with Crippen LogP contribution in [0.2, 0.25) is 10.0 Å². The van der Waals surface area contributed by atoms with Gasteiger partial charge in [-0.3, -0.25) is 0 Å². The van der Waals surface area contributed by atoms with Gasteiger partial charge in [-0.1, -0.05) is 49.5 Å². The molecule has 0 saturated heterocycles. The zero-order valence-corrected chi connectivity index (χ0v) is 14.6. The van der Waals surface area contributed by atoms with Crippen LogP contribution in [0.5, 0.6) is 0 Å². The Morgan fingerprint density at radius 2 is 1.75 bits per heavy atom. The van der Waals surface area contributed by atoms with Crippen LogP contribution in [0, 0.1) is 0 Å². The van der Waals surface area contributed by atoms with E-state index in [1.807, 2.05) is 6.07 Å². The number of benzene rings is 1. The molecule has 0 radical (unpaired) electrons. The maximum Gasteiger partial charge on any atom is 0.0595 e. The average Bonchev–Trinajstić information content (AvgIpc) is 2.37. The molecule has 0 amide bonds. The molecule has 1 fully saturated rings. The zero-order chi connectivity index (χ0) is 13.9. The second kappa shape index (κ2) is 7.89. The highest BCUT2D eigenvalue weighted by molar-refractivity contribution is 6.42. The van der Waals surface area contributed by atoms with Gasteiger partial charge >= 0.3 is 0 Å². The van der Waals surface area contributed by atoms with E-state index < -0.39 is 0 Å². The third-order valence-electron chi connectivity index (χ3n) is 4.64. The Morgan fingerprint density at radius 3 is 2.20 bits per heavy atom. The van der Waals surface area contributed by atoms with Gasteiger partial charge in [0.2, 0.25) is 0 Å². The van der Waals surface area contributed by atoms with Crippen LogP contribution >= 0.6 is 35.6 Å². The Morgan fingerprint density at radius 1 is 1.10 bits per heavy atom. The van der Waals surface area contributed by atoms with Gasteiger partial charge in [-0.2, -0.15) is 0 Å². The summed E-state index contributed by atoms with van der Waals surface area (Å²) in [5.41, 5.74) is 1.72. The second-order valence-electron chi connectivity index (χ2n) is 5.54. The van der Waals surface area contributed by atoms with Gasteiger partial charge in [-0.05, 0) is 62.0 Å². The molecule has 1 aromatic carbocycles. The van der Waals surface area contributed by atoms with Crippen LogP contribution in [-0.4, -0.2) is 24.5 Å². The lowest BCUT2D eigenvalue weighted by molar-refractivity contribution is 0.183. The van der Waals surface area contributed by atoms with Gasteiger partial charge in [0.15, 0.2) is 0 Å². The fourth-order valence-corrected chi connectivity index (χ4v) is 3.32. The first-order chi connectivity index (χ1) is 9.11. The van der Waals surface area contributed by atoms with Crippen molar-refractivity contribution in [3.05, 3.63) is 33.8 Å². The van der Waals surface area contributed by atoms with Crippen molar-refractivity contribution in [2.24, 2.45) is 0 Å². The molecule has 1 aliphatic carbocycles. The van der Waals surface area contributed by atoms with E-state index in [1.165, 1.54) is 37.8 Å². The van der Waals surface area contributed by atoms with Gasteiger partial charge in [-0.25, -0.2) is 0 Å². The minimum Gasteiger partial charge on any atom is -0.304 e. The summed E-state index contributed by atoms with van der Waals surface area (Å²) in [6.07, 6.45) is 5.13. The van der Waals surface area contributed by atoms with Crippen molar-refractivity contribution in [2.45, 2.75) is 44.9 Å². The lowest BCUT2D eigenvalue weighted by atomic mass is 9.62. The Hall–Kier alpha value is 0.0500. The zero-order valence-electron chi connectivity index (χ0n) is 12.3. The van der Waals surface area contributed by atoms with Gasteiger partial charge in [0.1, 0.15) is 0 Å². The van der Waals surface area contributed by atoms with Crippen LogP contribution in [-0.2, 0) is 5.41 Å². The van der Waals surface area contributed by atoms with Crippen molar-refractivity contribution in [3.63, 3.8) is 0 Å². The number of rotatable bonds is 6. The van der Waals surface area contributed by atoms with Crippen LogP contribution < -0.4 is 0 Å². The summed E-state index contributed by atoms with van der Waals surface area (Å²) in [4.78, 5) is 2.50. The molecule has 0 unspecified atom stereocenters. The van der Waals surface area contributed by atoms with E-state index in [1.54, 1.807) is 0 Å². The second-order valence-corrected chi connectivity index (χ2v) is 6.35. The van der Waals surface area contributed by atoms with Gasteiger partial charge in [0.05, 0.1) is 10.0 Å². The van der Waals surface area contributed by atoms with Crippen molar-refractivity contribution in [1.82, 2.24) is 4.90 Å². The largest absolute Gasteiger partial charge is 0.304 e. The monoisotopic (exact) mass is 335 g/mol. The molecule has 20 heavy (non-hydrogen) atoms. The first kappa shape index (κ1) is 18.1. The van der Waals surface area contributed by atoms with E-state index >= 15 is 0 Å². The van der Waals surface area contributed by atoms with Crippen LogP contribution in [0.3, 0.4) is 0 Å². The number of halogens is 3. The van der Waals surface area contributed by atoms with Crippen molar-refractivity contribution in [1.29, 1.82) is 0 Å². The fourth-order valence-electron chi connectivity index (χ4n) is 3.02. The smallest absolute Gasteiger partial charge is 0.0595 e. The molecule has 2 rings (SSSR count). The average molecular weight is 337 g/mol. The molecular weight excluding hydrogens is 313 g/mol. The van der Waals surface area contributed by atoms with Gasteiger partial charge in [0, 0.05) is 0 Å². The van der Waals surface area contributed by atoms with Crippen molar-refractivity contribution < 1.29 is 0 Å². The van der Waals surface area contributed by atoms with E-state index in [4.69, 9.17) is 23.2 Å². The van der Waals surface area contributed by atoms with Crippen LogP contribution in [0.25, 0.3) is 0 Å². The third kappa shape index (κ3) is 3.82. The van der Waals surface area contributed by atoms with Gasteiger partial charge in [-0.15, -0.1) is 12.4 Å². The molecule has 1 nitrogen and oxygen atoms in total. The first-order valence-electron chi connectivity index (χ1n) is 7.29. The highest BCUT2D eigenvalue weighted by Crippen LogP contribution is 2.47. The highest BCUT2D eigenvalue weighted by Gasteiger charge is 2.38. The predicted octanol–water partition coefficient (Wildman–Crippen LogP) is 5.57. The third-order valence-corrected chi connectivity index (χ3v) is 5.38. The summed E-state index contributed by atoms with van der Waals surface area (Å²) in [5, 5.41) is 1.34. The lowest BCUT2D eigenvalue weighted by Gasteiger charge is -2.44. The molecule has 1 saturated carbocycles. The topological polar surface area (TPSA) is 3.24 Å². The van der Waals surface area contributed by atoms with Crippen LogP contribution in [0.1, 0.15) is 45.1 Å². The predicted molar refractivity (Wildman–Crippen MR) is 91.6 cm³/mol. The fraction of sp³-hybridized carbons (Fsp3) is 0.625. The summed E-state index contributed by atoms with van der Waals surface area (Å²) in [6, 6.07) is 6.18. The lowest BCUT2D eigenvalue weighted by Crippen LogP contribution is -2.38. The maximum atomic E-state index is 6.18. The minimum atomic E-state index is 0. The molecule has 0 spiro atoms. The maximum absolute atomic E-state index is 6.18. The van der Waals surface area contributed by atoms with E-state index in [2.05, 4.69) is 30.9 Å². The Balaban J connectivity index is 0.00000200. The summed E-state index contributed by atoms with van der Waals surface area (Å²) >= 11 is 12.2. The summed E-state index contributed by atoms with van der Waals surface area (Å²) < 4.78 is 0. The molecule has 4 heteroatoms. The van der Waals surface area contributed by atoms with Gasteiger partial charge in [0.25, 0.3) is 0 Å².